The van der Waals surface area contributed by atoms with Gasteiger partial charge in [-0.1, -0.05) is 0 Å². The lowest BCUT2D eigenvalue weighted by molar-refractivity contribution is 0.102. The number of amides is 1. The average molecular weight is 220 g/mol. The summed E-state index contributed by atoms with van der Waals surface area (Å²) >= 11 is 0. The fourth-order valence-electron chi connectivity index (χ4n) is 1.18. The number of nitrogens with two attached hydrogens (primary N) is 1. The molecule has 4 N–H and O–H groups in total. The summed E-state index contributed by atoms with van der Waals surface area (Å²) in [5.41, 5.74) is 6.07. The fourth-order valence-corrected chi connectivity index (χ4v) is 1.18. The minimum Gasteiger partial charge on any atom is -0.396 e. The Balaban J connectivity index is 2.15. The molecule has 0 radical (unpaired) electrons. The number of halogens is 1. The Morgan fingerprint density at radius 3 is 2.94 bits per heavy atom. The molecular weight excluding hydrogens is 211 g/mol. The molecule has 5 nitrogen and oxygen atoms in total. The van der Waals surface area contributed by atoms with Crippen molar-refractivity contribution >= 4 is 17.3 Å². The number of anilines is 2. The standard InChI is InChI=1S/C10H9FN4O/c11-8-3-7(1-2-9(8)12)15-10(16)6-4-13-14-5-6/h1-5H,12H2,(H,13,14)(H,15,16). The van der Waals surface area contributed by atoms with Crippen molar-refractivity contribution < 1.29 is 9.18 Å². The topological polar surface area (TPSA) is 83.8 Å². The minimum atomic E-state index is -0.565. The summed E-state index contributed by atoms with van der Waals surface area (Å²) in [5.74, 6) is -0.928. The van der Waals surface area contributed by atoms with E-state index in [0.29, 0.717) is 11.3 Å². The van der Waals surface area contributed by atoms with Crippen LogP contribution in [0.25, 0.3) is 0 Å². The number of aromatic amines is 1. The summed E-state index contributed by atoms with van der Waals surface area (Å²) in [6, 6.07) is 4.07. The van der Waals surface area contributed by atoms with Gasteiger partial charge in [-0.25, -0.2) is 4.39 Å². The van der Waals surface area contributed by atoms with Crippen LogP contribution in [-0.2, 0) is 0 Å². The SMILES string of the molecule is Nc1ccc(NC(=O)c2cn[nH]c2)cc1F. The van der Waals surface area contributed by atoms with E-state index in [0.717, 1.165) is 6.07 Å². The number of H-pyrrole nitrogens is 1. The Morgan fingerprint density at radius 1 is 1.50 bits per heavy atom. The number of hydrogen-bond donors (Lipinski definition) is 3. The van der Waals surface area contributed by atoms with Gasteiger partial charge in [-0.05, 0) is 18.2 Å². The van der Waals surface area contributed by atoms with Gasteiger partial charge in [0.2, 0.25) is 0 Å². The molecule has 2 aromatic rings. The zero-order chi connectivity index (χ0) is 11.5. The summed E-state index contributed by atoms with van der Waals surface area (Å²) in [4.78, 5) is 11.5. The van der Waals surface area contributed by atoms with E-state index in [2.05, 4.69) is 15.5 Å². The molecule has 1 heterocycles. The summed E-state index contributed by atoms with van der Waals surface area (Å²) in [7, 11) is 0. The highest BCUT2D eigenvalue weighted by atomic mass is 19.1. The summed E-state index contributed by atoms with van der Waals surface area (Å²) in [5, 5.41) is 8.67. The Kier molecular flexibility index (Phi) is 2.55. The van der Waals surface area contributed by atoms with Crippen molar-refractivity contribution in [2.75, 3.05) is 11.1 Å². The van der Waals surface area contributed by atoms with Crippen molar-refractivity contribution in [2.45, 2.75) is 0 Å². The van der Waals surface area contributed by atoms with E-state index in [9.17, 15) is 9.18 Å². The zero-order valence-electron chi connectivity index (χ0n) is 8.20. The molecule has 0 unspecified atom stereocenters. The van der Waals surface area contributed by atoms with E-state index in [-0.39, 0.29) is 11.6 Å². The summed E-state index contributed by atoms with van der Waals surface area (Å²) in [6.45, 7) is 0. The average Bonchev–Trinajstić information content (AvgIpc) is 2.77. The van der Waals surface area contributed by atoms with E-state index in [1.807, 2.05) is 0 Å². The Bertz CT molecular complexity index is 510. The van der Waals surface area contributed by atoms with Crippen molar-refractivity contribution in [1.29, 1.82) is 0 Å². The molecule has 0 aliphatic heterocycles. The molecule has 0 atom stereocenters. The molecule has 0 spiro atoms. The number of benzene rings is 1. The number of nitrogens with zero attached hydrogens (tertiary/aromatic N) is 1. The van der Waals surface area contributed by atoms with Crippen LogP contribution in [0.1, 0.15) is 10.4 Å². The van der Waals surface area contributed by atoms with E-state index >= 15 is 0 Å². The lowest BCUT2D eigenvalue weighted by Crippen LogP contribution is -2.11. The third-order valence-electron chi connectivity index (χ3n) is 2.02. The maximum Gasteiger partial charge on any atom is 0.258 e. The molecule has 1 aromatic heterocycles. The highest BCUT2D eigenvalue weighted by molar-refractivity contribution is 6.03. The number of hydrogen-bond acceptors (Lipinski definition) is 3. The first kappa shape index (κ1) is 10.2. The van der Waals surface area contributed by atoms with Gasteiger partial charge in [-0.2, -0.15) is 5.10 Å². The number of carbonyl (C=O) groups is 1. The van der Waals surface area contributed by atoms with Crippen LogP contribution in [-0.4, -0.2) is 16.1 Å². The van der Waals surface area contributed by atoms with Gasteiger partial charge in [0.05, 0.1) is 17.4 Å². The number of nitrogen functional groups attached to an aromatic ring is 1. The Morgan fingerprint density at radius 2 is 2.31 bits per heavy atom. The van der Waals surface area contributed by atoms with Crippen LogP contribution in [0.3, 0.4) is 0 Å². The molecule has 1 amide bonds. The van der Waals surface area contributed by atoms with Crippen LogP contribution in [0.4, 0.5) is 15.8 Å². The number of nitrogens with one attached hydrogen (secondary N) is 2. The Labute approximate surface area is 90.5 Å². The highest BCUT2D eigenvalue weighted by Crippen LogP contribution is 2.16. The van der Waals surface area contributed by atoms with Gasteiger partial charge >= 0.3 is 0 Å². The van der Waals surface area contributed by atoms with Crippen molar-refractivity contribution in [3.05, 3.63) is 42.0 Å². The molecule has 2 rings (SSSR count). The van der Waals surface area contributed by atoms with Crippen molar-refractivity contribution in [3.63, 3.8) is 0 Å². The molecule has 82 valence electrons. The molecule has 0 saturated carbocycles. The van der Waals surface area contributed by atoms with Crippen LogP contribution in [0.5, 0.6) is 0 Å². The predicted octanol–water partition coefficient (Wildman–Crippen LogP) is 1.38. The van der Waals surface area contributed by atoms with Crippen molar-refractivity contribution in [1.82, 2.24) is 10.2 Å². The van der Waals surface area contributed by atoms with Gasteiger partial charge in [0.1, 0.15) is 5.82 Å². The lowest BCUT2D eigenvalue weighted by Gasteiger charge is -2.04. The normalized spacial score (nSPS) is 10.1. The number of aromatic nitrogens is 2. The van der Waals surface area contributed by atoms with E-state index < -0.39 is 5.82 Å². The van der Waals surface area contributed by atoms with Gasteiger partial charge in [0.25, 0.3) is 5.91 Å². The highest BCUT2D eigenvalue weighted by Gasteiger charge is 2.07. The van der Waals surface area contributed by atoms with E-state index in [1.54, 1.807) is 0 Å². The van der Waals surface area contributed by atoms with Crippen LogP contribution in [0, 0.1) is 5.82 Å². The molecular formula is C10H9FN4O. The molecule has 1 aromatic carbocycles. The first-order valence-electron chi connectivity index (χ1n) is 4.52. The maximum atomic E-state index is 13.1. The molecule has 16 heavy (non-hydrogen) atoms. The number of rotatable bonds is 2. The molecule has 0 aliphatic rings. The largest absolute Gasteiger partial charge is 0.396 e. The molecule has 0 bridgehead atoms. The third-order valence-corrected chi connectivity index (χ3v) is 2.02. The zero-order valence-corrected chi connectivity index (χ0v) is 8.20. The Hall–Kier alpha value is -2.37. The number of carbonyl (C=O) groups excluding carboxylic acids is 1. The molecule has 0 fully saturated rings. The predicted molar refractivity (Wildman–Crippen MR) is 57.4 cm³/mol. The second kappa shape index (κ2) is 4.01. The molecule has 0 aliphatic carbocycles. The van der Waals surface area contributed by atoms with Gasteiger partial charge in [0, 0.05) is 11.9 Å². The van der Waals surface area contributed by atoms with Crippen LogP contribution >= 0.6 is 0 Å². The maximum absolute atomic E-state index is 13.1. The van der Waals surface area contributed by atoms with Gasteiger partial charge < -0.3 is 11.1 Å². The first-order chi connectivity index (χ1) is 7.66. The fraction of sp³-hybridized carbons (Fsp3) is 0. The van der Waals surface area contributed by atoms with E-state index in [4.69, 9.17) is 5.73 Å². The lowest BCUT2D eigenvalue weighted by atomic mass is 10.2. The second-order valence-corrected chi connectivity index (χ2v) is 3.18. The van der Waals surface area contributed by atoms with Gasteiger partial charge in [-0.3, -0.25) is 9.89 Å². The summed E-state index contributed by atoms with van der Waals surface area (Å²) in [6.07, 6.45) is 2.83. The van der Waals surface area contributed by atoms with E-state index in [1.165, 1.54) is 24.5 Å². The minimum absolute atomic E-state index is 0.0429. The molecule has 6 heteroatoms. The monoisotopic (exact) mass is 220 g/mol. The third kappa shape index (κ3) is 2.00. The molecule has 0 saturated heterocycles. The smallest absolute Gasteiger partial charge is 0.258 e. The van der Waals surface area contributed by atoms with Crippen molar-refractivity contribution in [2.24, 2.45) is 0 Å². The quantitative estimate of drug-likeness (QED) is 0.668. The summed E-state index contributed by atoms with van der Waals surface area (Å²) < 4.78 is 13.1. The van der Waals surface area contributed by atoms with Gasteiger partial charge in [0.15, 0.2) is 0 Å². The van der Waals surface area contributed by atoms with Crippen LogP contribution in [0.15, 0.2) is 30.6 Å². The van der Waals surface area contributed by atoms with Crippen LogP contribution in [0.2, 0.25) is 0 Å². The van der Waals surface area contributed by atoms with Gasteiger partial charge in [-0.15, -0.1) is 0 Å². The first-order valence-corrected chi connectivity index (χ1v) is 4.52. The second-order valence-electron chi connectivity index (χ2n) is 3.18. The van der Waals surface area contributed by atoms with Crippen molar-refractivity contribution in [3.8, 4) is 0 Å². The van der Waals surface area contributed by atoms with Crippen LogP contribution < -0.4 is 11.1 Å².